The van der Waals surface area contributed by atoms with E-state index >= 15 is 0 Å². The van der Waals surface area contributed by atoms with Crippen LogP contribution in [-0.4, -0.2) is 15.6 Å². The molecule has 0 atom stereocenters. The van der Waals surface area contributed by atoms with Crippen molar-refractivity contribution in [3.8, 4) is 0 Å². The summed E-state index contributed by atoms with van der Waals surface area (Å²) in [5.74, 6) is -0.796. The number of nitrogens with zero attached hydrogens (tertiary/aromatic N) is 1. The van der Waals surface area contributed by atoms with Crippen molar-refractivity contribution in [2.24, 2.45) is 0 Å². The molecule has 0 saturated heterocycles. The monoisotopic (exact) mass is 473 g/mol. The lowest BCUT2D eigenvalue weighted by Gasteiger charge is -2.07. The van der Waals surface area contributed by atoms with E-state index in [0.29, 0.717) is 6.54 Å². The van der Waals surface area contributed by atoms with Gasteiger partial charge in [0.25, 0.3) is 0 Å². The second kappa shape index (κ2) is 5.74. The smallest absolute Gasteiger partial charge is 0.305 e. The van der Waals surface area contributed by atoms with Crippen LogP contribution in [0, 0.1) is 0 Å². The van der Waals surface area contributed by atoms with Crippen molar-refractivity contribution in [1.82, 2.24) is 4.57 Å². The third kappa shape index (κ3) is 2.76. The number of hydrogen-bond donors (Lipinski definition) is 1. The number of aliphatic carboxylic acids is 1. The average molecular weight is 476 g/mol. The fraction of sp³-hybridized carbons (Fsp3) is 0.133. The highest BCUT2D eigenvalue weighted by Gasteiger charge is 2.15. The molecule has 0 aliphatic rings. The Morgan fingerprint density at radius 1 is 1.05 bits per heavy atom. The molecule has 1 N–H and O–H groups in total. The SMILES string of the molecule is O=C(O)CCn1c2ccc(Br)cc2c2cc(Br)cc(Br)c21. The van der Waals surface area contributed by atoms with Gasteiger partial charge in [0.2, 0.25) is 0 Å². The Kier molecular flexibility index (Phi) is 4.12. The van der Waals surface area contributed by atoms with Crippen LogP contribution in [0.3, 0.4) is 0 Å². The van der Waals surface area contributed by atoms with Gasteiger partial charge in [-0.15, -0.1) is 0 Å². The number of aromatic nitrogens is 1. The topological polar surface area (TPSA) is 42.2 Å². The highest BCUT2D eigenvalue weighted by atomic mass is 79.9. The molecule has 0 aliphatic heterocycles. The van der Waals surface area contributed by atoms with Crippen LogP contribution in [0.15, 0.2) is 43.7 Å². The number of aryl methyl sites for hydroxylation is 1. The summed E-state index contributed by atoms with van der Waals surface area (Å²) in [7, 11) is 0. The largest absolute Gasteiger partial charge is 0.481 e. The first-order valence-electron chi connectivity index (χ1n) is 6.25. The molecule has 0 spiro atoms. The maximum absolute atomic E-state index is 10.9. The highest BCUT2D eigenvalue weighted by Crippen LogP contribution is 2.37. The van der Waals surface area contributed by atoms with E-state index in [-0.39, 0.29) is 6.42 Å². The van der Waals surface area contributed by atoms with Gasteiger partial charge in [0, 0.05) is 36.3 Å². The van der Waals surface area contributed by atoms with Crippen LogP contribution in [0.2, 0.25) is 0 Å². The average Bonchev–Trinajstić information content (AvgIpc) is 2.70. The molecular formula is C15H10Br3NO2. The molecule has 3 aromatic rings. The first-order valence-corrected chi connectivity index (χ1v) is 8.63. The Morgan fingerprint density at radius 3 is 2.48 bits per heavy atom. The Morgan fingerprint density at radius 2 is 1.76 bits per heavy atom. The summed E-state index contributed by atoms with van der Waals surface area (Å²) in [5, 5.41) is 11.2. The zero-order valence-electron chi connectivity index (χ0n) is 10.7. The summed E-state index contributed by atoms with van der Waals surface area (Å²) in [6, 6.07) is 10.1. The van der Waals surface area contributed by atoms with Crippen LogP contribution in [0.5, 0.6) is 0 Å². The van der Waals surface area contributed by atoms with E-state index < -0.39 is 5.97 Å². The van der Waals surface area contributed by atoms with Gasteiger partial charge in [0.05, 0.1) is 11.9 Å². The van der Waals surface area contributed by atoms with Crippen molar-refractivity contribution in [3.63, 3.8) is 0 Å². The van der Waals surface area contributed by atoms with Gasteiger partial charge in [-0.3, -0.25) is 4.79 Å². The van der Waals surface area contributed by atoms with E-state index in [1.54, 1.807) is 0 Å². The normalized spacial score (nSPS) is 11.4. The molecule has 1 aromatic heterocycles. The second-order valence-electron chi connectivity index (χ2n) is 4.74. The number of hydrogen-bond acceptors (Lipinski definition) is 1. The summed E-state index contributed by atoms with van der Waals surface area (Å²) < 4.78 is 4.99. The molecule has 0 saturated carbocycles. The summed E-state index contributed by atoms with van der Waals surface area (Å²) in [5.41, 5.74) is 2.06. The molecule has 0 unspecified atom stereocenters. The number of carbonyl (C=O) groups is 1. The molecule has 0 amide bonds. The Bertz CT molecular complexity index is 870. The zero-order valence-corrected chi connectivity index (χ0v) is 15.5. The number of carboxylic acid groups (broad SMARTS) is 1. The molecule has 21 heavy (non-hydrogen) atoms. The lowest BCUT2D eigenvalue weighted by Crippen LogP contribution is -2.04. The number of halogens is 3. The molecule has 108 valence electrons. The van der Waals surface area contributed by atoms with E-state index in [0.717, 1.165) is 35.2 Å². The summed E-state index contributed by atoms with van der Waals surface area (Å²) in [6.45, 7) is 0.442. The highest BCUT2D eigenvalue weighted by molar-refractivity contribution is 9.11. The molecule has 0 aliphatic carbocycles. The number of fused-ring (bicyclic) bond motifs is 3. The minimum absolute atomic E-state index is 0.0947. The third-order valence-corrected chi connectivity index (χ3v) is 4.94. The summed E-state index contributed by atoms with van der Waals surface area (Å²) in [4.78, 5) is 10.9. The van der Waals surface area contributed by atoms with Crippen LogP contribution in [-0.2, 0) is 11.3 Å². The minimum atomic E-state index is -0.796. The second-order valence-corrected chi connectivity index (χ2v) is 7.43. The third-order valence-electron chi connectivity index (χ3n) is 3.39. The van der Waals surface area contributed by atoms with Crippen molar-refractivity contribution in [2.75, 3.05) is 0 Å². The van der Waals surface area contributed by atoms with Crippen molar-refractivity contribution in [3.05, 3.63) is 43.7 Å². The lowest BCUT2D eigenvalue weighted by atomic mass is 10.2. The molecule has 0 radical (unpaired) electrons. The predicted molar refractivity (Wildman–Crippen MR) is 94.8 cm³/mol. The maximum atomic E-state index is 10.9. The molecule has 2 aromatic carbocycles. The number of rotatable bonds is 3. The molecule has 6 heteroatoms. The molecule has 3 rings (SSSR count). The Balaban J connectivity index is 2.38. The van der Waals surface area contributed by atoms with E-state index in [1.165, 1.54) is 0 Å². The van der Waals surface area contributed by atoms with Crippen molar-refractivity contribution in [2.45, 2.75) is 13.0 Å². The van der Waals surface area contributed by atoms with Gasteiger partial charge < -0.3 is 9.67 Å². The van der Waals surface area contributed by atoms with Gasteiger partial charge in [-0.05, 0) is 46.3 Å². The molecule has 3 nitrogen and oxygen atoms in total. The summed E-state index contributed by atoms with van der Waals surface area (Å²) >= 11 is 10.6. The van der Waals surface area contributed by atoms with Gasteiger partial charge >= 0.3 is 5.97 Å². The van der Waals surface area contributed by atoms with Gasteiger partial charge in [0.15, 0.2) is 0 Å². The van der Waals surface area contributed by atoms with E-state index in [9.17, 15) is 4.79 Å². The zero-order chi connectivity index (χ0) is 15.1. The fourth-order valence-electron chi connectivity index (χ4n) is 2.57. The van der Waals surface area contributed by atoms with E-state index in [4.69, 9.17) is 5.11 Å². The minimum Gasteiger partial charge on any atom is -0.481 e. The van der Waals surface area contributed by atoms with Gasteiger partial charge in [-0.2, -0.15) is 0 Å². The van der Waals surface area contributed by atoms with Gasteiger partial charge in [-0.25, -0.2) is 0 Å². The van der Waals surface area contributed by atoms with Crippen LogP contribution >= 0.6 is 47.8 Å². The van der Waals surface area contributed by atoms with Gasteiger partial charge in [-0.1, -0.05) is 31.9 Å². The maximum Gasteiger partial charge on any atom is 0.305 e. The molecule has 0 fully saturated rings. The van der Waals surface area contributed by atoms with Gasteiger partial charge in [0.1, 0.15) is 0 Å². The van der Waals surface area contributed by atoms with E-state index in [2.05, 4.69) is 64.5 Å². The van der Waals surface area contributed by atoms with Crippen LogP contribution in [0.25, 0.3) is 21.8 Å². The lowest BCUT2D eigenvalue weighted by molar-refractivity contribution is -0.137. The van der Waals surface area contributed by atoms with Crippen LogP contribution in [0.1, 0.15) is 6.42 Å². The van der Waals surface area contributed by atoms with Crippen LogP contribution < -0.4 is 0 Å². The van der Waals surface area contributed by atoms with Crippen molar-refractivity contribution < 1.29 is 9.90 Å². The van der Waals surface area contributed by atoms with E-state index in [1.807, 2.05) is 18.2 Å². The quantitative estimate of drug-likeness (QED) is 0.539. The van der Waals surface area contributed by atoms with Crippen molar-refractivity contribution in [1.29, 1.82) is 0 Å². The summed E-state index contributed by atoms with van der Waals surface area (Å²) in [6.07, 6.45) is 0.0947. The Labute approximate surface area is 146 Å². The first-order chi connectivity index (χ1) is 9.97. The molecule has 0 bridgehead atoms. The predicted octanol–water partition coefficient (Wildman–Crippen LogP) is 5.56. The number of carboxylic acids is 1. The van der Waals surface area contributed by atoms with Crippen LogP contribution in [0.4, 0.5) is 0 Å². The fourth-order valence-corrected chi connectivity index (χ4v) is 4.37. The Hall–Kier alpha value is -0.850. The number of benzene rings is 2. The molecule has 1 heterocycles. The van der Waals surface area contributed by atoms with Crippen molar-refractivity contribution >= 4 is 75.6 Å². The standard InChI is InChI=1S/C15H10Br3NO2/c16-8-1-2-13-10(5-8)11-6-9(17)7-12(18)15(11)19(13)4-3-14(20)21/h1-2,5-7H,3-4H2,(H,20,21). The molecular weight excluding hydrogens is 466 g/mol. The first kappa shape index (κ1) is 15.1.